The molecule has 0 saturated carbocycles. The van der Waals surface area contributed by atoms with Crippen LogP contribution in [0, 0.1) is 0 Å². The van der Waals surface area contributed by atoms with Gasteiger partial charge in [0.25, 0.3) is 0 Å². The molecule has 0 bridgehead atoms. The molecule has 0 heterocycles. The molecule has 0 atom stereocenters. The first kappa shape index (κ1) is 29.6. The van der Waals surface area contributed by atoms with Crippen LogP contribution in [0.15, 0.2) is 24.3 Å². The Labute approximate surface area is 191 Å². The molecule has 0 unspecified atom stereocenters. The summed E-state index contributed by atoms with van der Waals surface area (Å²) in [5.41, 5.74) is 0.440. The molecule has 0 aliphatic carbocycles. The Morgan fingerprint density at radius 3 is 1.87 bits per heavy atom. The van der Waals surface area contributed by atoms with Gasteiger partial charge >= 0.3 is 17.9 Å². The third kappa shape index (κ3) is 16.0. The second kappa shape index (κ2) is 18.2. The molecule has 0 rings (SSSR count). The van der Waals surface area contributed by atoms with E-state index in [1.807, 2.05) is 13.8 Å². The zero-order valence-electron chi connectivity index (χ0n) is 19.0. The van der Waals surface area contributed by atoms with Crippen molar-refractivity contribution in [1.29, 1.82) is 0 Å². The Kier molecular flexibility index (Phi) is 17.4. The summed E-state index contributed by atoms with van der Waals surface area (Å²) < 4.78 is 26.5. The van der Waals surface area contributed by atoms with Crippen molar-refractivity contribution >= 4 is 38.0 Å². The van der Waals surface area contributed by atoms with E-state index >= 15 is 0 Å². The summed E-state index contributed by atoms with van der Waals surface area (Å²) in [5.74, 6) is -0.212. The highest BCUT2D eigenvalue weighted by atomic mass is 32.2. The topological polar surface area (TPSA) is 97.4 Å². The summed E-state index contributed by atoms with van der Waals surface area (Å²) in [6, 6.07) is 0. The molecule has 0 amide bonds. The van der Waals surface area contributed by atoms with Crippen molar-refractivity contribution in [1.82, 2.24) is 0 Å². The fraction of sp³-hybridized carbons (Fsp3) is 0.667. The zero-order chi connectivity index (χ0) is 23.6. The molecular formula is C21H35O8PS. The Morgan fingerprint density at radius 2 is 1.42 bits per heavy atom. The molecule has 178 valence electrons. The molecule has 0 aliphatic rings. The van der Waals surface area contributed by atoms with Crippen LogP contribution in [0.4, 0.5) is 0 Å². The molecule has 0 fully saturated rings. The number of hydrogen-bond donors (Lipinski definition) is 0. The van der Waals surface area contributed by atoms with Gasteiger partial charge in [0.15, 0.2) is 14.5 Å². The minimum Gasteiger partial charge on any atom is -0.458 e. The molecule has 0 N–H and O–H groups in total. The predicted molar refractivity (Wildman–Crippen MR) is 123 cm³/mol. The predicted octanol–water partition coefficient (Wildman–Crippen LogP) is 4.04. The van der Waals surface area contributed by atoms with Gasteiger partial charge in [0.05, 0.1) is 19.6 Å². The largest absolute Gasteiger partial charge is 0.458 e. The molecule has 10 heteroatoms. The van der Waals surface area contributed by atoms with E-state index in [9.17, 15) is 14.4 Å². The van der Waals surface area contributed by atoms with Crippen LogP contribution < -0.4 is 0 Å². The lowest BCUT2D eigenvalue weighted by molar-refractivity contribution is -0.164. The molecular weight excluding hydrogens is 443 g/mol. The van der Waals surface area contributed by atoms with Gasteiger partial charge in [-0.15, -0.1) is 0 Å². The van der Waals surface area contributed by atoms with Crippen molar-refractivity contribution in [2.75, 3.05) is 44.1 Å². The van der Waals surface area contributed by atoms with E-state index in [0.717, 1.165) is 18.3 Å². The highest BCUT2D eigenvalue weighted by Gasteiger charge is 2.20. The van der Waals surface area contributed by atoms with E-state index in [2.05, 4.69) is 13.2 Å². The van der Waals surface area contributed by atoms with Crippen LogP contribution in [0.5, 0.6) is 0 Å². The molecule has 0 aromatic carbocycles. The van der Waals surface area contributed by atoms with Gasteiger partial charge in [0.2, 0.25) is 0 Å². The van der Waals surface area contributed by atoms with Gasteiger partial charge in [0, 0.05) is 23.1 Å². The third-order valence-corrected chi connectivity index (χ3v) is 6.27. The third-order valence-electron chi connectivity index (χ3n) is 3.42. The summed E-state index contributed by atoms with van der Waals surface area (Å²) in [4.78, 5) is 35.3. The summed E-state index contributed by atoms with van der Waals surface area (Å²) in [7, 11) is -0.835. The van der Waals surface area contributed by atoms with E-state index in [1.165, 1.54) is 13.8 Å². The SMILES string of the molecule is C=C(C)C(=O)OCC(COC(=O)C(=C)C)OC(=O)CCSCCCP(OCC)OCC. The van der Waals surface area contributed by atoms with Gasteiger partial charge < -0.3 is 23.3 Å². The summed E-state index contributed by atoms with van der Waals surface area (Å²) in [6.45, 7) is 14.7. The van der Waals surface area contributed by atoms with Crippen molar-refractivity contribution in [3.05, 3.63) is 24.3 Å². The van der Waals surface area contributed by atoms with E-state index < -0.39 is 32.4 Å². The lowest BCUT2D eigenvalue weighted by Crippen LogP contribution is -2.31. The maximum absolute atomic E-state index is 12.1. The van der Waals surface area contributed by atoms with Crippen molar-refractivity contribution < 1.29 is 37.6 Å². The van der Waals surface area contributed by atoms with Gasteiger partial charge in [-0.1, -0.05) is 13.2 Å². The minimum atomic E-state index is -0.898. The zero-order valence-corrected chi connectivity index (χ0v) is 20.7. The number of hydrogen-bond acceptors (Lipinski definition) is 9. The van der Waals surface area contributed by atoms with Crippen LogP contribution in [-0.2, 0) is 37.6 Å². The van der Waals surface area contributed by atoms with Crippen LogP contribution in [0.1, 0.15) is 40.5 Å². The van der Waals surface area contributed by atoms with Gasteiger partial charge in [0.1, 0.15) is 13.2 Å². The van der Waals surface area contributed by atoms with Gasteiger partial charge in [-0.2, -0.15) is 11.8 Å². The molecule has 0 saturated heterocycles. The lowest BCUT2D eigenvalue weighted by atomic mass is 10.3. The van der Waals surface area contributed by atoms with Gasteiger partial charge in [-0.25, -0.2) is 9.59 Å². The average molecular weight is 479 g/mol. The van der Waals surface area contributed by atoms with Crippen molar-refractivity contribution in [3.63, 3.8) is 0 Å². The minimum absolute atomic E-state index is 0.190. The van der Waals surface area contributed by atoms with E-state index in [-0.39, 0.29) is 30.8 Å². The molecule has 0 spiro atoms. The molecule has 0 aromatic rings. The van der Waals surface area contributed by atoms with Gasteiger partial charge in [-0.3, -0.25) is 4.79 Å². The Hall–Kier alpha value is -1.41. The van der Waals surface area contributed by atoms with E-state index in [0.29, 0.717) is 19.0 Å². The van der Waals surface area contributed by atoms with Crippen molar-refractivity contribution in [2.24, 2.45) is 0 Å². The van der Waals surface area contributed by atoms with Crippen LogP contribution >= 0.6 is 20.1 Å². The second-order valence-corrected chi connectivity index (χ2v) is 9.33. The number of rotatable bonds is 18. The van der Waals surface area contributed by atoms with Crippen molar-refractivity contribution in [3.8, 4) is 0 Å². The number of ether oxygens (including phenoxy) is 3. The maximum Gasteiger partial charge on any atom is 0.333 e. The number of esters is 3. The fourth-order valence-electron chi connectivity index (χ4n) is 1.95. The van der Waals surface area contributed by atoms with Crippen LogP contribution in [0.25, 0.3) is 0 Å². The first-order valence-electron chi connectivity index (χ1n) is 10.2. The highest BCUT2D eigenvalue weighted by Crippen LogP contribution is 2.38. The highest BCUT2D eigenvalue weighted by molar-refractivity contribution is 7.99. The smallest absolute Gasteiger partial charge is 0.333 e. The Balaban J connectivity index is 4.31. The molecule has 0 aliphatic heterocycles. The molecule has 8 nitrogen and oxygen atoms in total. The number of carbonyl (C=O) groups is 3. The first-order chi connectivity index (χ1) is 14.7. The van der Waals surface area contributed by atoms with E-state index in [1.54, 1.807) is 11.8 Å². The summed E-state index contributed by atoms with van der Waals surface area (Å²) >= 11 is 1.64. The van der Waals surface area contributed by atoms with Crippen LogP contribution in [-0.4, -0.2) is 68.1 Å². The van der Waals surface area contributed by atoms with Crippen molar-refractivity contribution in [2.45, 2.75) is 46.6 Å². The average Bonchev–Trinajstić information content (AvgIpc) is 2.71. The summed E-state index contributed by atoms with van der Waals surface area (Å²) in [6.07, 6.45) is 1.08. The summed E-state index contributed by atoms with van der Waals surface area (Å²) in [5, 5.41) is 0. The van der Waals surface area contributed by atoms with Gasteiger partial charge in [-0.05, 0) is 39.9 Å². The molecule has 31 heavy (non-hydrogen) atoms. The normalized spacial score (nSPS) is 10.8. The Bertz CT molecular complexity index is 560. The second-order valence-electron chi connectivity index (χ2n) is 6.48. The Morgan fingerprint density at radius 1 is 0.903 bits per heavy atom. The first-order valence-corrected chi connectivity index (χ1v) is 12.7. The van der Waals surface area contributed by atoms with Crippen LogP contribution in [0.3, 0.4) is 0 Å². The lowest BCUT2D eigenvalue weighted by Gasteiger charge is -2.18. The molecule has 0 aromatic heterocycles. The number of carbonyl (C=O) groups excluding carboxylic acids is 3. The van der Waals surface area contributed by atoms with Crippen LogP contribution in [0.2, 0.25) is 0 Å². The quantitative estimate of drug-likeness (QED) is 0.0950. The molecule has 0 radical (unpaired) electrons. The number of thioether (sulfide) groups is 1. The monoisotopic (exact) mass is 478 g/mol. The van der Waals surface area contributed by atoms with E-state index in [4.69, 9.17) is 23.3 Å². The fourth-order valence-corrected chi connectivity index (χ4v) is 4.35. The standard InChI is InChI=1S/C21H35O8PS/c1-7-27-30(28-8-2)11-9-12-31-13-10-19(22)29-18(14-25-20(23)16(3)4)15-26-21(24)17(5)6/h18H,3,5,7-15H2,1-2,4,6H3. The maximum atomic E-state index is 12.1.